The van der Waals surface area contributed by atoms with Crippen molar-refractivity contribution in [3.8, 4) is 0 Å². The van der Waals surface area contributed by atoms with Crippen LogP contribution in [0, 0.1) is 0 Å². The quantitative estimate of drug-likeness (QED) is 0.780. The fourth-order valence-corrected chi connectivity index (χ4v) is 3.64. The van der Waals surface area contributed by atoms with Crippen molar-refractivity contribution in [1.29, 1.82) is 0 Å². The lowest BCUT2D eigenvalue weighted by molar-refractivity contribution is 0.0593. The molecule has 1 aromatic carbocycles. The summed E-state index contributed by atoms with van der Waals surface area (Å²) < 4.78 is 5.77. The third kappa shape index (κ3) is 3.95. The van der Waals surface area contributed by atoms with Gasteiger partial charge in [-0.3, -0.25) is 0 Å². The van der Waals surface area contributed by atoms with Crippen LogP contribution in [0.2, 0.25) is 0 Å². The molecule has 0 unspecified atom stereocenters. The Kier molecular flexibility index (Phi) is 5.18. The lowest BCUT2D eigenvalue weighted by Crippen LogP contribution is -2.47. The number of carbonyl (C=O) groups excluding carboxylic acids is 1. The number of benzene rings is 1. The van der Waals surface area contributed by atoms with Crippen LogP contribution in [0.25, 0.3) is 0 Å². The molecule has 3 atom stereocenters. The highest BCUT2D eigenvalue weighted by atomic mass is 32.1. The Morgan fingerprint density at radius 1 is 1.38 bits per heavy atom. The molecule has 6 heteroatoms. The molecule has 24 heavy (non-hydrogen) atoms. The first-order valence-electron chi connectivity index (χ1n) is 8.02. The van der Waals surface area contributed by atoms with E-state index < -0.39 is 5.60 Å². The summed E-state index contributed by atoms with van der Waals surface area (Å²) in [6, 6.07) is 11.4. The van der Waals surface area contributed by atoms with Gasteiger partial charge in [0.15, 0.2) is 0 Å². The third-order valence-electron chi connectivity index (χ3n) is 4.27. The van der Waals surface area contributed by atoms with Gasteiger partial charge in [0.25, 0.3) is 0 Å². The number of rotatable bonds is 5. The molecule has 5 nitrogen and oxygen atoms in total. The predicted molar refractivity (Wildman–Crippen MR) is 94.0 cm³/mol. The maximum atomic E-state index is 12.2. The van der Waals surface area contributed by atoms with Crippen LogP contribution in [0.3, 0.4) is 0 Å². The molecule has 1 aliphatic rings. The molecule has 3 N–H and O–H groups in total. The summed E-state index contributed by atoms with van der Waals surface area (Å²) in [5.74, 6) is 0. The number of hydrogen-bond acceptors (Lipinski definition) is 4. The molecule has 0 radical (unpaired) electrons. The van der Waals surface area contributed by atoms with Crippen molar-refractivity contribution in [2.75, 3.05) is 13.2 Å². The van der Waals surface area contributed by atoms with E-state index in [0.29, 0.717) is 6.61 Å². The van der Waals surface area contributed by atoms with Crippen LogP contribution in [0.5, 0.6) is 0 Å². The summed E-state index contributed by atoms with van der Waals surface area (Å²) in [7, 11) is 0. The van der Waals surface area contributed by atoms with Gasteiger partial charge in [0.1, 0.15) is 11.7 Å². The second-order valence-electron chi connectivity index (χ2n) is 6.21. The Labute approximate surface area is 145 Å². The molecule has 0 saturated carbocycles. The molecule has 2 amide bonds. The average Bonchev–Trinajstić information content (AvgIpc) is 3.26. The first-order valence-corrected chi connectivity index (χ1v) is 8.96. The molecule has 0 aliphatic carbocycles. The Balaban J connectivity index is 1.55. The Morgan fingerprint density at radius 2 is 2.17 bits per heavy atom. The molecule has 2 aromatic rings. The number of aliphatic hydroxyl groups is 1. The highest BCUT2D eigenvalue weighted by Gasteiger charge is 2.31. The summed E-state index contributed by atoms with van der Waals surface area (Å²) in [4.78, 5) is 12.2. The van der Waals surface area contributed by atoms with Gasteiger partial charge in [0, 0.05) is 6.61 Å². The van der Waals surface area contributed by atoms with E-state index in [1.807, 2.05) is 47.2 Å². The van der Waals surface area contributed by atoms with E-state index in [-0.39, 0.29) is 24.7 Å². The second kappa shape index (κ2) is 7.34. The highest BCUT2D eigenvalue weighted by molar-refractivity contribution is 7.08. The number of thiophene rings is 1. The normalized spacial score (nSPS) is 22.8. The summed E-state index contributed by atoms with van der Waals surface area (Å²) in [6.07, 6.45) is 0.641. The predicted octanol–water partition coefficient (Wildman–Crippen LogP) is 2.79. The first kappa shape index (κ1) is 17.0. The van der Waals surface area contributed by atoms with Gasteiger partial charge in [-0.25, -0.2) is 4.79 Å². The molecule has 1 aromatic heterocycles. The van der Waals surface area contributed by atoms with E-state index in [1.54, 1.807) is 6.92 Å². The average molecular weight is 346 g/mol. The largest absolute Gasteiger partial charge is 0.384 e. The van der Waals surface area contributed by atoms with Gasteiger partial charge in [-0.05, 0) is 41.3 Å². The van der Waals surface area contributed by atoms with Crippen LogP contribution in [0.1, 0.15) is 30.6 Å². The topological polar surface area (TPSA) is 70.6 Å². The minimum absolute atomic E-state index is 0.0708. The van der Waals surface area contributed by atoms with Gasteiger partial charge in [-0.15, -0.1) is 0 Å². The third-order valence-corrected chi connectivity index (χ3v) is 4.96. The number of hydrogen-bond donors (Lipinski definition) is 3. The monoisotopic (exact) mass is 346 g/mol. The highest BCUT2D eigenvalue weighted by Crippen LogP contribution is 2.29. The molecule has 0 spiro atoms. The molecule has 128 valence electrons. The van der Waals surface area contributed by atoms with E-state index in [1.165, 1.54) is 11.3 Å². The van der Waals surface area contributed by atoms with Crippen LogP contribution in [-0.4, -0.2) is 30.3 Å². The van der Waals surface area contributed by atoms with Crippen molar-refractivity contribution in [2.45, 2.75) is 31.1 Å². The Hall–Kier alpha value is -1.89. The van der Waals surface area contributed by atoms with Gasteiger partial charge in [-0.2, -0.15) is 11.3 Å². The van der Waals surface area contributed by atoms with Gasteiger partial charge < -0.3 is 20.5 Å². The maximum absolute atomic E-state index is 12.2. The number of ether oxygens (including phenoxy) is 1. The number of nitrogens with one attached hydrogen (secondary N) is 2. The van der Waals surface area contributed by atoms with Crippen LogP contribution < -0.4 is 10.6 Å². The summed E-state index contributed by atoms with van der Waals surface area (Å²) >= 11 is 1.52. The van der Waals surface area contributed by atoms with Gasteiger partial charge in [0.05, 0.1) is 12.6 Å². The van der Waals surface area contributed by atoms with Crippen LogP contribution in [0.4, 0.5) is 4.79 Å². The number of amides is 2. The molecule has 0 bridgehead atoms. The van der Waals surface area contributed by atoms with Crippen LogP contribution in [0.15, 0.2) is 47.2 Å². The zero-order valence-corrected chi connectivity index (χ0v) is 14.4. The van der Waals surface area contributed by atoms with Crippen molar-refractivity contribution >= 4 is 17.4 Å². The zero-order valence-electron chi connectivity index (χ0n) is 13.6. The van der Waals surface area contributed by atoms with E-state index in [4.69, 9.17) is 4.74 Å². The number of urea groups is 1. The standard InChI is InChI=1S/C18H22N2O3S/c1-18(22,14-8-10-24-11-14)12-19-17(21)20-15-7-9-23-16(15)13-5-3-2-4-6-13/h2-6,8,10-11,15-16,22H,7,9,12H2,1H3,(H2,19,20,21)/t15-,16-,18+/m1/s1. The minimum atomic E-state index is -1.08. The van der Waals surface area contributed by atoms with Gasteiger partial charge >= 0.3 is 6.03 Å². The Bertz CT molecular complexity index is 658. The van der Waals surface area contributed by atoms with E-state index in [0.717, 1.165) is 17.5 Å². The first-order chi connectivity index (χ1) is 11.6. The van der Waals surface area contributed by atoms with Crippen molar-refractivity contribution in [3.63, 3.8) is 0 Å². The lowest BCUT2D eigenvalue weighted by Gasteiger charge is -2.25. The fourth-order valence-electron chi connectivity index (χ4n) is 2.85. The second-order valence-corrected chi connectivity index (χ2v) is 6.99. The molecule has 1 fully saturated rings. The molecule has 3 rings (SSSR count). The van der Waals surface area contributed by atoms with E-state index in [9.17, 15) is 9.90 Å². The SMILES string of the molecule is C[C@](O)(CNC(=O)N[C@@H]1CCO[C@@H]1c1ccccc1)c1ccsc1. The summed E-state index contributed by atoms with van der Waals surface area (Å²) in [5, 5.41) is 20.0. The maximum Gasteiger partial charge on any atom is 0.315 e. The van der Waals surface area contributed by atoms with Gasteiger partial charge in [-0.1, -0.05) is 30.3 Å². The summed E-state index contributed by atoms with van der Waals surface area (Å²) in [5.41, 5.74) is 0.784. The minimum Gasteiger partial charge on any atom is -0.384 e. The van der Waals surface area contributed by atoms with Gasteiger partial charge in [0.2, 0.25) is 0 Å². The molecule has 1 saturated heterocycles. The van der Waals surface area contributed by atoms with Crippen LogP contribution in [-0.2, 0) is 10.3 Å². The van der Waals surface area contributed by atoms with Crippen molar-refractivity contribution in [2.24, 2.45) is 0 Å². The molecule has 1 aliphatic heterocycles. The van der Waals surface area contributed by atoms with Crippen molar-refractivity contribution in [1.82, 2.24) is 10.6 Å². The van der Waals surface area contributed by atoms with E-state index >= 15 is 0 Å². The van der Waals surface area contributed by atoms with E-state index in [2.05, 4.69) is 10.6 Å². The number of carbonyl (C=O) groups is 1. The smallest absolute Gasteiger partial charge is 0.315 e. The zero-order chi connectivity index (χ0) is 17.0. The fraction of sp³-hybridized carbons (Fsp3) is 0.389. The molecular formula is C18H22N2O3S. The van der Waals surface area contributed by atoms with Crippen molar-refractivity contribution < 1.29 is 14.6 Å². The molecular weight excluding hydrogens is 324 g/mol. The lowest BCUT2D eigenvalue weighted by atomic mass is 9.99. The molecule has 2 heterocycles. The van der Waals surface area contributed by atoms with Crippen LogP contribution >= 0.6 is 11.3 Å². The Morgan fingerprint density at radius 3 is 2.88 bits per heavy atom. The summed E-state index contributed by atoms with van der Waals surface area (Å²) in [6.45, 7) is 2.47. The van der Waals surface area contributed by atoms with Crippen molar-refractivity contribution in [3.05, 3.63) is 58.3 Å².